The molecule has 107 heavy (non-hydrogen) atoms. The molecule has 0 saturated carbocycles. The van der Waals surface area contributed by atoms with Crippen molar-refractivity contribution in [3.05, 3.63) is 295 Å². The van der Waals surface area contributed by atoms with Crippen LogP contribution in [0.25, 0.3) is 87.8 Å². The lowest BCUT2D eigenvalue weighted by Gasteiger charge is -2.33. The van der Waals surface area contributed by atoms with Crippen LogP contribution in [-0.4, -0.2) is 44.8 Å². The van der Waals surface area contributed by atoms with E-state index in [9.17, 15) is 0 Å². The number of benzene rings is 13. The molecule has 0 spiro atoms. The summed E-state index contributed by atoms with van der Waals surface area (Å²) in [5.41, 5.74) is 28.3. The zero-order chi connectivity index (χ0) is 73.2. The minimum absolute atomic E-state index is 0.113. The van der Waals surface area contributed by atoms with Crippen LogP contribution in [0.4, 0.5) is 73.9 Å². The molecule has 0 saturated heterocycles. The average molecular weight is 1400 g/mol. The SMILES string of the molecule is Cc1ccc2c(oc3ccccc32)c1N1c2ccccc2N(C(C)C)[C@H]1C.Cc1ccc2c(oc3ccccc32)c1N1c2ccccc2N(C)[C@H]1C.Cc1ccc2c(oc3ccccc32)c1N1c2ccccc2N(C)[C@H]1C.Cc1ccc2c(oc3ccccc32)c1N1c2ccccc2N(c2ccccc2)[C@H]1C. The summed E-state index contributed by atoms with van der Waals surface area (Å²) >= 11 is 0. The maximum atomic E-state index is 6.42. The molecule has 4 aromatic heterocycles. The maximum Gasteiger partial charge on any atom is 0.159 e. The van der Waals surface area contributed by atoms with E-state index in [1.54, 1.807) is 0 Å². The van der Waals surface area contributed by atoms with Crippen molar-refractivity contribution < 1.29 is 17.7 Å². The summed E-state index contributed by atoms with van der Waals surface area (Å²) in [5.74, 6) is 0. The fourth-order valence-electron chi connectivity index (χ4n) is 17.5. The fourth-order valence-corrected chi connectivity index (χ4v) is 17.5. The van der Waals surface area contributed by atoms with Gasteiger partial charge in [0.05, 0.1) is 68.2 Å². The summed E-state index contributed by atoms with van der Waals surface area (Å²) in [6.45, 7) is 22.2. The normalized spacial score (nSPS) is 16.5. The first kappa shape index (κ1) is 66.4. The van der Waals surface area contributed by atoms with E-state index >= 15 is 0 Å². The fraction of sp³-hybridized carbons (Fsp3) is 0.179. The van der Waals surface area contributed by atoms with Crippen LogP contribution in [0, 0.1) is 27.7 Å². The highest BCUT2D eigenvalue weighted by Gasteiger charge is 2.40. The molecule has 0 bridgehead atoms. The Morgan fingerprint density at radius 2 is 0.495 bits per heavy atom. The molecule has 12 nitrogen and oxygen atoms in total. The second-order valence-corrected chi connectivity index (χ2v) is 29.2. The van der Waals surface area contributed by atoms with Crippen molar-refractivity contribution in [1.29, 1.82) is 0 Å². The molecule has 0 radical (unpaired) electrons. The first-order valence-electron chi connectivity index (χ1n) is 37.4. The lowest BCUT2D eigenvalue weighted by Crippen LogP contribution is -2.42. The standard InChI is InChI=1S/C27H22N2O.C24H24N2O.2C22H20N2O/c1-18-16-17-22-21-12-6-9-15-25(21)30-27(22)26(18)29-19(2)28(20-10-4-3-5-11-20)23-13-7-8-14-24(23)29;1-15(2)25-17(4)26(21-11-7-6-10-20(21)25)23-16(3)13-14-19-18-9-5-8-12-22(18)27-24(19)23;2*1-14-12-13-17-16-8-4-7-11-20(16)25-22(17)21(14)24-15(2)23(3)18-9-5-6-10-19(18)24/h3-17,19H,1-2H3;5-15,17H,1-4H3;2*4-13,15H,1-3H3/t19-;17-;2*15-/m1111/s1. The van der Waals surface area contributed by atoms with Gasteiger partial charge in [0.2, 0.25) is 0 Å². The first-order chi connectivity index (χ1) is 52.1. The van der Waals surface area contributed by atoms with Gasteiger partial charge >= 0.3 is 0 Å². The number of aryl methyl sites for hydroxylation is 4. The predicted octanol–water partition coefficient (Wildman–Crippen LogP) is 25.8. The van der Waals surface area contributed by atoms with E-state index in [0.29, 0.717) is 6.04 Å². The van der Waals surface area contributed by atoms with E-state index in [4.69, 9.17) is 17.7 Å². The number of anilines is 13. The van der Waals surface area contributed by atoms with Crippen LogP contribution in [0.2, 0.25) is 0 Å². The lowest BCUT2D eigenvalue weighted by atomic mass is 10.1. The monoisotopic (exact) mass is 1400 g/mol. The Morgan fingerprint density at radius 3 is 0.832 bits per heavy atom. The first-order valence-corrected chi connectivity index (χ1v) is 37.4. The molecule has 0 fully saturated rings. The molecule has 0 N–H and O–H groups in total. The number of fused-ring (bicyclic) bond motifs is 16. The summed E-state index contributed by atoms with van der Waals surface area (Å²) in [7, 11) is 4.30. The summed E-state index contributed by atoms with van der Waals surface area (Å²) in [6, 6.07) is 96.2. The molecule has 21 rings (SSSR count). The topological polar surface area (TPSA) is 78.5 Å². The van der Waals surface area contributed by atoms with Crippen LogP contribution in [0.5, 0.6) is 0 Å². The summed E-state index contributed by atoms with van der Waals surface area (Å²) in [6.07, 6.45) is 0.798. The quantitative estimate of drug-likeness (QED) is 0.159. The molecule has 0 amide bonds. The van der Waals surface area contributed by atoms with Gasteiger partial charge in [-0.3, -0.25) is 0 Å². The number of rotatable bonds is 6. The van der Waals surface area contributed by atoms with Crippen molar-refractivity contribution in [3.63, 3.8) is 0 Å². The highest BCUT2D eigenvalue weighted by atomic mass is 16.3. The predicted molar refractivity (Wildman–Crippen MR) is 449 cm³/mol. The number of furan rings is 4. The molecule has 17 aromatic rings. The number of nitrogens with zero attached hydrogens (tertiary/aromatic N) is 8. The van der Waals surface area contributed by atoms with Crippen LogP contribution >= 0.6 is 0 Å². The third-order valence-corrected chi connectivity index (χ3v) is 22.7. The van der Waals surface area contributed by atoms with Crippen LogP contribution in [0.1, 0.15) is 63.8 Å². The second kappa shape index (κ2) is 26.3. The Labute approximate surface area is 624 Å². The summed E-state index contributed by atoms with van der Waals surface area (Å²) in [5, 5.41) is 9.38. The molecular formula is C95H86N8O4. The smallest absolute Gasteiger partial charge is 0.159 e. The highest BCUT2D eigenvalue weighted by molar-refractivity contribution is 6.15. The molecule has 13 aromatic carbocycles. The zero-order valence-electron chi connectivity index (χ0n) is 62.6. The maximum absolute atomic E-state index is 6.42. The van der Waals surface area contributed by atoms with Gasteiger partial charge in [-0.2, -0.15) is 0 Å². The Kier molecular flexibility index (Phi) is 16.3. The Balaban J connectivity index is 0.000000101. The molecular weight excluding hydrogens is 1320 g/mol. The number of hydrogen-bond donors (Lipinski definition) is 0. The van der Waals surface area contributed by atoms with Gasteiger partial charge in [-0.05, 0) is 176 Å². The summed E-state index contributed by atoms with van der Waals surface area (Å²) in [4.78, 5) is 19.2. The third-order valence-electron chi connectivity index (χ3n) is 22.7. The molecule has 12 heteroatoms. The van der Waals surface area contributed by atoms with Crippen molar-refractivity contribution in [1.82, 2.24) is 0 Å². The van der Waals surface area contributed by atoms with E-state index < -0.39 is 0 Å². The van der Waals surface area contributed by atoms with E-state index in [-0.39, 0.29) is 24.7 Å². The minimum Gasteiger partial charge on any atom is -0.454 e. The van der Waals surface area contributed by atoms with Crippen molar-refractivity contribution >= 4 is 162 Å². The van der Waals surface area contributed by atoms with E-state index in [2.05, 4.69) is 353 Å². The van der Waals surface area contributed by atoms with Gasteiger partial charge in [0.25, 0.3) is 0 Å². The Hall–Kier alpha value is -12.5. The van der Waals surface area contributed by atoms with Gasteiger partial charge in [0.15, 0.2) is 22.3 Å². The molecule has 4 aliphatic rings. The van der Waals surface area contributed by atoms with E-state index in [0.717, 1.165) is 72.5 Å². The van der Waals surface area contributed by atoms with Gasteiger partial charge in [-0.1, -0.05) is 188 Å². The largest absolute Gasteiger partial charge is 0.454 e. The molecule has 4 aliphatic heterocycles. The van der Waals surface area contributed by atoms with Crippen LogP contribution in [0.3, 0.4) is 0 Å². The molecule has 0 unspecified atom stereocenters. The summed E-state index contributed by atoms with van der Waals surface area (Å²) < 4.78 is 25.4. The van der Waals surface area contributed by atoms with Crippen molar-refractivity contribution in [2.45, 2.75) is 99.9 Å². The van der Waals surface area contributed by atoms with Crippen molar-refractivity contribution in [2.75, 3.05) is 53.3 Å². The molecule has 0 aliphatic carbocycles. The van der Waals surface area contributed by atoms with Gasteiger partial charge in [-0.15, -0.1) is 0 Å². The molecule has 530 valence electrons. The van der Waals surface area contributed by atoms with E-state index in [1.165, 1.54) is 111 Å². The zero-order valence-corrected chi connectivity index (χ0v) is 62.6. The second-order valence-electron chi connectivity index (χ2n) is 29.2. The average Bonchev–Trinajstić information content (AvgIpc) is 1.60. The Morgan fingerprint density at radius 1 is 0.243 bits per heavy atom. The third kappa shape index (κ3) is 10.6. The molecule has 4 atom stereocenters. The Bertz CT molecular complexity index is 6110. The van der Waals surface area contributed by atoms with Gasteiger partial charge in [0.1, 0.15) is 47.0 Å². The van der Waals surface area contributed by atoms with Crippen molar-refractivity contribution in [3.8, 4) is 0 Å². The van der Waals surface area contributed by atoms with Crippen molar-refractivity contribution in [2.24, 2.45) is 0 Å². The van der Waals surface area contributed by atoms with E-state index in [1.807, 2.05) is 42.5 Å². The lowest BCUT2D eigenvalue weighted by molar-refractivity contribution is 0.603. The van der Waals surface area contributed by atoms with Gasteiger partial charge < -0.3 is 56.9 Å². The molecule has 8 heterocycles. The van der Waals surface area contributed by atoms with Crippen LogP contribution < -0.4 is 39.2 Å². The van der Waals surface area contributed by atoms with Crippen LogP contribution in [-0.2, 0) is 0 Å². The highest BCUT2D eigenvalue weighted by Crippen LogP contribution is 2.54. The van der Waals surface area contributed by atoms with Gasteiger partial charge in [0, 0.05) is 68.9 Å². The minimum atomic E-state index is 0.113. The number of hydrogen-bond acceptors (Lipinski definition) is 12. The van der Waals surface area contributed by atoms with Crippen LogP contribution in [0.15, 0.2) is 291 Å². The number of para-hydroxylation sites is 13. The van der Waals surface area contributed by atoms with Gasteiger partial charge in [-0.25, -0.2) is 0 Å².